The molecule has 2 aromatic carbocycles. The molecule has 0 saturated heterocycles. The summed E-state index contributed by atoms with van der Waals surface area (Å²) in [7, 11) is -1.10. The normalized spacial score (nSPS) is 11.9. The number of benzene rings is 2. The zero-order chi connectivity index (χ0) is 35.3. The van der Waals surface area contributed by atoms with Crippen molar-refractivity contribution in [1.82, 2.24) is 9.88 Å². The molecular weight excluding hydrogens is 638 g/mol. The van der Waals surface area contributed by atoms with Gasteiger partial charge in [-0.2, -0.15) is 5.26 Å². The number of sulfone groups is 1. The number of nitrogens with one attached hydrogen (secondary N) is 2. The van der Waals surface area contributed by atoms with Gasteiger partial charge in [0.1, 0.15) is 33.8 Å². The number of nitrogens with zero attached hydrogens (tertiary/aromatic N) is 5. The monoisotopic (exact) mass is 683 g/mol. The minimum Gasteiger partial charge on any atom is -0.495 e. The Labute approximate surface area is 282 Å². The Morgan fingerprint density at radius 2 is 1.69 bits per heavy atom. The second-order valence-corrected chi connectivity index (χ2v) is 13.7. The first-order chi connectivity index (χ1) is 22.9. The largest absolute Gasteiger partial charge is 0.495 e. The molecule has 48 heavy (non-hydrogen) atoms. The quantitative estimate of drug-likeness (QED) is 0.107. The van der Waals surface area contributed by atoms with Gasteiger partial charge in [0.05, 0.1) is 52.0 Å². The minimum atomic E-state index is -3.85. The van der Waals surface area contributed by atoms with Gasteiger partial charge in [-0.1, -0.05) is 18.2 Å². The standard InChI is InChI=1S/C33H45N7O7S/c1-23-25(22-34)31(36-24-10-8-7-9-11-24)37-32(35-12-17-47-18-16-42)30(23)39-38-26-20-28(46-6)29(21-27(26)45-5)48(43,44)19-14-40(13-15-41)33(2,3)4/h7-11,20-21,41-42H,12-19H2,1-6H3,(H2,35,36,37)/b39-38+. The van der Waals surface area contributed by atoms with Crippen LogP contribution < -0.4 is 20.1 Å². The second kappa shape index (κ2) is 17.7. The highest BCUT2D eigenvalue weighted by Crippen LogP contribution is 2.41. The number of pyridine rings is 1. The van der Waals surface area contributed by atoms with Crippen molar-refractivity contribution in [3.8, 4) is 17.6 Å². The van der Waals surface area contributed by atoms with Crippen molar-refractivity contribution < 1.29 is 32.8 Å². The summed E-state index contributed by atoms with van der Waals surface area (Å²) in [6.45, 7) is 8.68. The third-order valence-corrected chi connectivity index (χ3v) is 9.05. The Hall–Kier alpha value is -4.33. The van der Waals surface area contributed by atoms with E-state index in [9.17, 15) is 18.8 Å². The number of β-amino-alcohol motifs (C(OH)–C–C–N with tert-alkyl or cyclic N) is 1. The summed E-state index contributed by atoms with van der Waals surface area (Å²) in [5, 5.41) is 43.8. The Balaban J connectivity index is 2.04. The van der Waals surface area contributed by atoms with Crippen LogP contribution in [0.2, 0.25) is 0 Å². The number of para-hydroxylation sites is 1. The molecule has 3 aromatic rings. The summed E-state index contributed by atoms with van der Waals surface area (Å²) in [5.41, 5.74) is 1.59. The molecule has 0 saturated carbocycles. The molecule has 0 fully saturated rings. The van der Waals surface area contributed by atoms with Crippen LogP contribution in [0, 0.1) is 18.3 Å². The maximum Gasteiger partial charge on any atom is 0.183 e. The molecular formula is C33H45N7O7S. The van der Waals surface area contributed by atoms with Gasteiger partial charge in [0.25, 0.3) is 0 Å². The summed E-state index contributed by atoms with van der Waals surface area (Å²) >= 11 is 0. The molecule has 1 aromatic heterocycles. The molecule has 0 bridgehead atoms. The highest BCUT2D eigenvalue weighted by atomic mass is 32.2. The predicted molar refractivity (Wildman–Crippen MR) is 184 cm³/mol. The fourth-order valence-corrected chi connectivity index (χ4v) is 6.17. The third-order valence-electron chi connectivity index (χ3n) is 7.34. The lowest BCUT2D eigenvalue weighted by molar-refractivity contribution is 0.0992. The van der Waals surface area contributed by atoms with Gasteiger partial charge in [-0.05, 0) is 39.8 Å². The van der Waals surface area contributed by atoms with E-state index in [2.05, 4.69) is 31.9 Å². The van der Waals surface area contributed by atoms with E-state index in [-0.39, 0.29) is 77.6 Å². The molecule has 15 heteroatoms. The van der Waals surface area contributed by atoms with Crippen molar-refractivity contribution in [1.29, 1.82) is 5.26 Å². The average Bonchev–Trinajstić information content (AvgIpc) is 3.05. The Morgan fingerprint density at radius 3 is 2.29 bits per heavy atom. The maximum absolute atomic E-state index is 13.5. The molecule has 4 N–H and O–H groups in total. The second-order valence-electron chi connectivity index (χ2n) is 11.6. The molecule has 0 atom stereocenters. The van der Waals surface area contributed by atoms with Gasteiger partial charge in [-0.3, -0.25) is 4.90 Å². The van der Waals surface area contributed by atoms with E-state index in [0.717, 1.165) is 5.69 Å². The zero-order valence-corrected chi connectivity index (χ0v) is 29.1. The predicted octanol–water partition coefficient (Wildman–Crippen LogP) is 4.73. The van der Waals surface area contributed by atoms with Crippen LogP contribution in [0.25, 0.3) is 0 Å². The molecule has 14 nitrogen and oxygen atoms in total. The number of anilines is 3. The molecule has 1 heterocycles. The van der Waals surface area contributed by atoms with Crippen LogP contribution in [0.15, 0.2) is 57.6 Å². The lowest BCUT2D eigenvalue weighted by Gasteiger charge is -2.35. The lowest BCUT2D eigenvalue weighted by atomic mass is 10.1. The van der Waals surface area contributed by atoms with Gasteiger partial charge >= 0.3 is 0 Å². The maximum atomic E-state index is 13.5. The molecule has 0 aliphatic rings. The van der Waals surface area contributed by atoms with E-state index in [1.54, 1.807) is 6.92 Å². The van der Waals surface area contributed by atoms with Gasteiger partial charge in [0.2, 0.25) is 0 Å². The van der Waals surface area contributed by atoms with E-state index < -0.39 is 9.84 Å². The smallest absolute Gasteiger partial charge is 0.183 e. The molecule has 260 valence electrons. The average molecular weight is 684 g/mol. The number of azo groups is 1. The van der Waals surface area contributed by atoms with Crippen LogP contribution in [-0.4, -0.2) is 100 Å². The van der Waals surface area contributed by atoms with Crippen LogP contribution in [0.3, 0.4) is 0 Å². The van der Waals surface area contributed by atoms with Gasteiger partial charge in [0.15, 0.2) is 21.5 Å². The van der Waals surface area contributed by atoms with Crippen LogP contribution in [-0.2, 0) is 14.6 Å². The number of nitriles is 1. The Kier molecular flexibility index (Phi) is 14.1. The molecule has 0 unspecified atom stereocenters. The van der Waals surface area contributed by atoms with E-state index in [1.165, 1.54) is 26.4 Å². The molecule has 0 amide bonds. The zero-order valence-electron chi connectivity index (χ0n) is 28.3. The molecule has 3 rings (SSSR count). The minimum absolute atomic E-state index is 0.0589. The lowest BCUT2D eigenvalue weighted by Crippen LogP contribution is -2.45. The first-order valence-corrected chi connectivity index (χ1v) is 17.0. The number of hydrogen-bond acceptors (Lipinski definition) is 14. The van der Waals surface area contributed by atoms with Crippen LogP contribution in [0.5, 0.6) is 11.5 Å². The van der Waals surface area contributed by atoms with E-state index >= 15 is 0 Å². The van der Waals surface area contributed by atoms with Gasteiger partial charge in [0, 0.05) is 48.6 Å². The fourth-order valence-electron chi connectivity index (χ4n) is 4.76. The summed E-state index contributed by atoms with van der Waals surface area (Å²) < 4.78 is 43.5. The summed E-state index contributed by atoms with van der Waals surface area (Å²) in [6, 6.07) is 14.3. The number of hydrogen-bond donors (Lipinski definition) is 4. The first kappa shape index (κ1) is 38.1. The Bertz CT molecular complexity index is 1690. The molecule has 0 radical (unpaired) electrons. The SMILES string of the molecule is COc1cc(S(=O)(=O)CCN(CCO)C(C)(C)C)c(OC)cc1/N=N/c1c(NCCOCCO)nc(Nc2ccccc2)c(C#N)c1C. The number of ether oxygens (including phenoxy) is 3. The topological polar surface area (TPSA) is 191 Å². The number of methoxy groups -OCH3 is 2. The van der Waals surface area contributed by atoms with Gasteiger partial charge in [-0.15, -0.1) is 10.2 Å². The van der Waals surface area contributed by atoms with Gasteiger partial charge in [-0.25, -0.2) is 13.4 Å². The van der Waals surface area contributed by atoms with Crippen LogP contribution in [0.1, 0.15) is 31.9 Å². The third kappa shape index (κ3) is 10.1. The number of aliphatic hydroxyl groups is 2. The van der Waals surface area contributed by atoms with Crippen molar-refractivity contribution in [3.05, 3.63) is 53.6 Å². The summed E-state index contributed by atoms with van der Waals surface area (Å²) in [5.74, 6) is 0.618. The summed E-state index contributed by atoms with van der Waals surface area (Å²) in [6.07, 6.45) is 0. The van der Waals surface area contributed by atoms with Crippen molar-refractivity contribution >= 4 is 38.5 Å². The number of rotatable bonds is 18. The molecule has 0 aliphatic heterocycles. The fraction of sp³-hybridized carbons (Fsp3) is 0.455. The Morgan fingerprint density at radius 1 is 0.979 bits per heavy atom. The number of aromatic nitrogens is 1. The van der Waals surface area contributed by atoms with E-state index in [1.807, 2.05) is 56.0 Å². The van der Waals surface area contributed by atoms with Gasteiger partial charge < -0.3 is 35.1 Å². The van der Waals surface area contributed by atoms with E-state index in [4.69, 9.17) is 19.3 Å². The number of aliphatic hydroxyl groups excluding tert-OH is 2. The summed E-state index contributed by atoms with van der Waals surface area (Å²) in [4.78, 5) is 6.49. The van der Waals surface area contributed by atoms with Crippen molar-refractivity contribution in [3.63, 3.8) is 0 Å². The highest BCUT2D eigenvalue weighted by Gasteiger charge is 2.27. The van der Waals surface area contributed by atoms with Crippen molar-refractivity contribution in [2.45, 2.75) is 38.1 Å². The van der Waals surface area contributed by atoms with Crippen molar-refractivity contribution in [2.75, 3.05) is 76.7 Å². The van der Waals surface area contributed by atoms with Crippen LogP contribution >= 0.6 is 0 Å². The first-order valence-electron chi connectivity index (χ1n) is 15.4. The highest BCUT2D eigenvalue weighted by molar-refractivity contribution is 7.91. The van der Waals surface area contributed by atoms with Crippen LogP contribution in [0.4, 0.5) is 28.7 Å². The molecule has 0 spiro atoms. The molecule has 0 aliphatic carbocycles. The van der Waals surface area contributed by atoms with E-state index in [0.29, 0.717) is 30.3 Å². The van der Waals surface area contributed by atoms with Crippen molar-refractivity contribution in [2.24, 2.45) is 10.2 Å².